The second kappa shape index (κ2) is 8.91. The van der Waals surface area contributed by atoms with Gasteiger partial charge in [-0.2, -0.15) is 0 Å². The van der Waals surface area contributed by atoms with Gasteiger partial charge in [-0.25, -0.2) is 9.18 Å². The van der Waals surface area contributed by atoms with Crippen LogP contribution in [0.1, 0.15) is 18.9 Å². The number of esters is 1. The second-order valence-corrected chi connectivity index (χ2v) is 6.70. The third-order valence-electron chi connectivity index (χ3n) is 4.17. The maximum absolute atomic E-state index is 13.3. The number of carbonyl (C=O) groups excluding carboxylic acids is 2. The van der Waals surface area contributed by atoms with Gasteiger partial charge in [0, 0.05) is 17.0 Å². The van der Waals surface area contributed by atoms with Gasteiger partial charge in [-0.15, -0.1) is 0 Å². The van der Waals surface area contributed by atoms with Gasteiger partial charge in [-0.1, -0.05) is 28.9 Å². The number of benzene rings is 2. The van der Waals surface area contributed by atoms with Crippen LogP contribution < -0.4 is 10.1 Å². The summed E-state index contributed by atoms with van der Waals surface area (Å²) in [7, 11) is 1.45. The quantitative estimate of drug-likeness (QED) is 0.722. The van der Waals surface area contributed by atoms with Gasteiger partial charge < -0.3 is 19.6 Å². The molecular weight excluding hydrogens is 403 g/mol. The van der Waals surface area contributed by atoms with E-state index in [-0.39, 0.29) is 6.42 Å². The van der Waals surface area contributed by atoms with Crippen molar-refractivity contribution in [3.63, 3.8) is 0 Å². The summed E-state index contributed by atoms with van der Waals surface area (Å²) in [6, 6.07) is 10.5. The standard InChI is InChI=1S/C20H18ClFN2O5/c1-11(19(25)23-16-9-13(21)6-7-17(16)27-2)28-20(26)18-10-15(24-29-18)12-4-3-5-14(22)8-12/h3-9,11,18H,10H2,1-2H3,(H,23,25). The van der Waals surface area contributed by atoms with E-state index in [0.29, 0.717) is 27.7 Å². The molecular formula is C20H18ClFN2O5. The monoisotopic (exact) mass is 420 g/mol. The summed E-state index contributed by atoms with van der Waals surface area (Å²) in [4.78, 5) is 29.8. The van der Waals surface area contributed by atoms with Crippen LogP contribution >= 0.6 is 11.6 Å². The predicted molar refractivity (Wildman–Crippen MR) is 105 cm³/mol. The summed E-state index contributed by atoms with van der Waals surface area (Å²) >= 11 is 5.94. The van der Waals surface area contributed by atoms with Crippen molar-refractivity contribution in [1.29, 1.82) is 0 Å². The van der Waals surface area contributed by atoms with E-state index in [2.05, 4.69) is 10.5 Å². The molecule has 1 aliphatic heterocycles. The Morgan fingerprint density at radius 3 is 2.83 bits per heavy atom. The summed E-state index contributed by atoms with van der Waals surface area (Å²) in [5.74, 6) is -1.32. The van der Waals surface area contributed by atoms with E-state index >= 15 is 0 Å². The molecule has 0 spiro atoms. The molecule has 0 saturated carbocycles. The highest BCUT2D eigenvalue weighted by Gasteiger charge is 2.32. The fraction of sp³-hybridized carbons (Fsp3) is 0.250. The summed E-state index contributed by atoms with van der Waals surface area (Å²) in [5, 5.41) is 6.83. The highest BCUT2D eigenvalue weighted by molar-refractivity contribution is 6.31. The normalized spacial score (nSPS) is 16.4. The smallest absolute Gasteiger partial charge is 0.351 e. The lowest BCUT2D eigenvalue weighted by atomic mass is 10.1. The molecule has 2 aromatic rings. The van der Waals surface area contributed by atoms with E-state index in [1.165, 1.54) is 38.3 Å². The SMILES string of the molecule is COc1ccc(Cl)cc1NC(=O)C(C)OC(=O)C1CC(c2cccc(F)c2)=NO1. The van der Waals surface area contributed by atoms with E-state index in [4.69, 9.17) is 25.9 Å². The molecule has 2 unspecified atom stereocenters. The number of ether oxygens (including phenoxy) is 2. The van der Waals surface area contributed by atoms with Gasteiger partial charge in [0.25, 0.3) is 5.91 Å². The molecule has 152 valence electrons. The third-order valence-corrected chi connectivity index (χ3v) is 4.41. The minimum Gasteiger partial charge on any atom is -0.495 e. The molecule has 0 aromatic heterocycles. The number of hydrogen-bond donors (Lipinski definition) is 1. The number of oxime groups is 1. The summed E-state index contributed by atoms with van der Waals surface area (Å²) in [5.41, 5.74) is 1.29. The van der Waals surface area contributed by atoms with Gasteiger partial charge in [0.05, 0.1) is 18.5 Å². The van der Waals surface area contributed by atoms with Crippen molar-refractivity contribution in [2.75, 3.05) is 12.4 Å². The van der Waals surface area contributed by atoms with E-state index < -0.39 is 29.9 Å². The highest BCUT2D eigenvalue weighted by atomic mass is 35.5. The zero-order valence-corrected chi connectivity index (χ0v) is 16.4. The van der Waals surface area contributed by atoms with Crippen molar-refractivity contribution in [2.45, 2.75) is 25.6 Å². The number of nitrogens with one attached hydrogen (secondary N) is 1. The molecule has 2 atom stereocenters. The Bertz CT molecular complexity index is 966. The van der Waals surface area contributed by atoms with Gasteiger partial charge in [-0.05, 0) is 37.3 Å². The highest BCUT2D eigenvalue weighted by Crippen LogP contribution is 2.28. The molecule has 1 amide bonds. The van der Waals surface area contributed by atoms with Gasteiger partial charge in [0.2, 0.25) is 6.10 Å². The lowest BCUT2D eigenvalue weighted by Gasteiger charge is -2.16. The number of halogens is 2. The molecule has 2 aromatic carbocycles. The van der Waals surface area contributed by atoms with E-state index in [1.54, 1.807) is 18.2 Å². The number of nitrogens with zero attached hydrogens (tertiary/aromatic N) is 1. The van der Waals surface area contributed by atoms with Crippen molar-refractivity contribution in [2.24, 2.45) is 5.16 Å². The van der Waals surface area contributed by atoms with Crippen molar-refractivity contribution >= 4 is 34.9 Å². The number of rotatable bonds is 6. The Labute approximate surface area is 171 Å². The maximum atomic E-state index is 13.3. The molecule has 9 heteroatoms. The van der Waals surface area contributed by atoms with Crippen LogP contribution in [-0.2, 0) is 19.2 Å². The molecule has 1 N–H and O–H groups in total. The maximum Gasteiger partial charge on any atom is 0.351 e. The van der Waals surface area contributed by atoms with Crippen molar-refractivity contribution < 1.29 is 28.3 Å². The first-order valence-electron chi connectivity index (χ1n) is 8.71. The molecule has 29 heavy (non-hydrogen) atoms. The number of amides is 1. The zero-order chi connectivity index (χ0) is 21.0. The molecule has 3 rings (SSSR count). The van der Waals surface area contributed by atoms with Crippen LogP contribution in [0.5, 0.6) is 5.75 Å². The fourth-order valence-electron chi connectivity index (χ4n) is 2.66. The minimum atomic E-state index is -1.10. The van der Waals surface area contributed by atoms with Crippen LogP contribution in [0, 0.1) is 5.82 Å². The first-order chi connectivity index (χ1) is 13.9. The number of methoxy groups -OCH3 is 1. The largest absolute Gasteiger partial charge is 0.495 e. The fourth-order valence-corrected chi connectivity index (χ4v) is 2.83. The molecule has 0 radical (unpaired) electrons. The minimum absolute atomic E-state index is 0.110. The van der Waals surface area contributed by atoms with Gasteiger partial charge in [0.15, 0.2) is 6.10 Å². The van der Waals surface area contributed by atoms with Crippen LogP contribution in [0.4, 0.5) is 10.1 Å². The number of hydrogen-bond acceptors (Lipinski definition) is 6. The van der Waals surface area contributed by atoms with Gasteiger partial charge in [0.1, 0.15) is 11.6 Å². The first kappa shape index (κ1) is 20.6. The Kier molecular flexibility index (Phi) is 6.33. The summed E-state index contributed by atoms with van der Waals surface area (Å²) in [6.07, 6.45) is -2.00. The average Bonchev–Trinajstić information content (AvgIpc) is 3.18. The molecule has 0 saturated heterocycles. The summed E-state index contributed by atoms with van der Waals surface area (Å²) < 4.78 is 23.7. The van der Waals surface area contributed by atoms with Crippen LogP contribution in [0.25, 0.3) is 0 Å². The molecule has 0 bridgehead atoms. The molecule has 7 nitrogen and oxygen atoms in total. The Hall–Kier alpha value is -3.13. The van der Waals surface area contributed by atoms with E-state index in [1.807, 2.05) is 0 Å². The Morgan fingerprint density at radius 1 is 1.31 bits per heavy atom. The van der Waals surface area contributed by atoms with Crippen LogP contribution in [0.3, 0.4) is 0 Å². The molecule has 0 aliphatic carbocycles. The third kappa shape index (κ3) is 5.03. The molecule has 1 heterocycles. The van der Waals surface area contributed by atoms with Crippen molar-refractivity contribution in [3.05, 3.63) is 58.9 Å². The Balaban J connectivity index is 1.57. The molecule has 0 fully saturated rings. The summed E-state index contributed by atoms with van der Waals surface area (Å²) in [6.45, 7) is 1.42. The van der Waals surface area contributed by atoms with E-state index in [9.17, 15) is 14.0 Å². The number of carbonyl (C=O) groups is 2. The van der Waals surface area contributed by atoms with Crippen LogP contribution in [0.2, 0.25) is 5.02 Å². The Morgan fingerprint density at radius 2 is 2.10 bits per heavy atom. The first-order valence-corrected chi connectivity index (χ1v) is 9.08. The number of anilines is 1. The second-order valence-electron chi connectivity index (χ2n) is 6.26. The van der Waals surface area contributed by atoms with E-state index in [0.717, 1.165) is 0 Å². The molecule has 1 aliphatic rings. The average molecular weight is 421 g/mol. The van der Waals surface area contributed by atoms with Crippen molar-refractivity contribution in [1.82, 2.24) is 0 Å². The van der Waals surface area contributed by atoms with Crippen LogP contribution in [-0.4, -0.2) is 36.9 Å². The lowest BCUT2D eigenvalue weighted by Crippen LogP contribution is -2.34. The zero-order valence-electron chi connectivity index (χ0n) is 15.6. The van der Waals surface area contributed by atoms with Crippen LogP contribution in [0.15, 0.2) is 47.6 Å². The van der Waals surface area contributed by atoms with Crippen molar-refractivity contribution in [3.8, 4) is 5.75 Å². The van der Waals surface area contributed by atoms with Gasteiger partial charge in [-0.3, -0.25) is 4.79 Å². The topological polar surface area (TPSA) is 86.2 Å². The predicted octanol–water partition coefficient (Wildman–Crippen LogP) is 3.55. The van der Waals surface area contributed by atoms with Gasteiger partial charge >= 0.3 is 5.97 Å². The lowest BCUT2D eigenvalue weighted by molar-refractivity contribution is -0.163.